The highest BCUT2D eigenvalue weighted by Gasteiger charge is 2.55. The van der Waals surface area contributed by atoms with Gasteiger partial charge in [0.05, 0.1) is 13.0 Å². The minimum atomic E-state index is -0.887. The van der Waals surface area contributed by atoms with Crippen molar-refractivity contribution >= 4 is 5.78 Å². The topological polar surface area (TPSA) is 106 Å². The summed E-state index contributed by atoms with van der Waals surface area (Å²) in [6.45, 7) is 0.121. The molecule has 8 nitrogen and oxygen atoms in total. The average molecular weight is 413 g/mol. The van der Waals surface area contributed by atoms with Crippen LogP contribution in [0.1, 0.15) is 36.3 Å². The van der Waals surface area contributed by atoms with Crippen LogP contribution in [0.5, 0.6) is 34.5 Å². The fraction of sp³-hybridized carbons (Fsp3) is 0.409. The Morgan fingerprint density at radius 3 is 2.63 bits per heavy atom. The van der Waals surface area contributed by atoms with E-state index in [2.05, 4.69) is 5.32 Å². The van der Waals surface area contributed by atoms with E-state index in [0.29, 0.717) is 42.1 Å². The van der Waals surface area contributed by atoms with E-state index in [0.717, 1.165) is 5.56 Å². The van der Waals surface area contributed by atoms with E-state index in [1.54, 1.807) is 19.2 Å². The van der Waals surface area contributed by atoms with Gasteiger partial charge in [0.2, 0.25) is 12.5 Å². The molecule has 3 aliphatic rings. The number of hydrogen-bond acceptors (Lipinski definition) is 8. The molecule has 3 atom stereocenters. The number of carbonyl (C=O) groups excluding carboxylic acids is 1. The number of phenolic OH excluding ortho intramolecular Hbond substituents is 2. The SMILES string of the molecule is CNC12CCCC(=O)C1C(c1cc(O)c(O)c(OC)c1)c1cc3c(cc1O2)OCO3. The second kappa shape index (κ2) is 6.70. The number of ether oxygens (including phenoxy) is 4. The minimum Gasteiger partial charge on any atom is -0.504 e. The van der Waals surface area contributed by atoms with Gasteiger partial charge in [-0.15, -0.1) is 0 Å². The van der Waals surface area contributed by atoms with E-state index in [4.69, 9.17) is 18.9 Å². The molecule has 2 aromatic carbocycles. The number of methoxy groups -OCH3 is 1. The summed E-state index contributed by atoms with van der Waals surface area (Å²) < 4.78 is 22.7. The Hall–Kier alpha value is -3.13. The molecular weight excluding hydrogens is 390 g/mol. The van der Waals surface area contributed by atoms with Crippen LogP contribution in [0, 0.1) is 5.92 Å². The highest BCUT2D eigenvalue weighted by molar-refractivity contribution is 5.86. The van der Waals surface area contributed by atoms with E-state index in [1.807, 2.05) is 6.07 Å². The lowest BCUT2D eigenvalue weighted by atomic mass is 9.66. The summed E-state index contributed by atoms with van der Waals surface area (Å²) in [7, 11) is 3.20. The van der Waals surface area contributed by atoms with Crippen molar-refractivity contribution in [1.29, 1.82) is 0 Å². The number of Topliss-reactive ketones (excluding diaryl/α,β-unsaturated/α-hetero) is 1. The second-order valence-electron chi connectivity index (χ2n) is 7.85. The van der Waals surface area contributed by atoms with Crippen LogP contribution >= 0.6 is 0 Å². The molecule has 0 spiro atoms. The second-order valence-corrected chi connectivity index (χ2v) is 7.85. The van der Waals surface area contributed by atoms with Crippen molar-refractivity contribution < 1.29 is 34.0 Å². The number of fused-ring (bicyclic) bond motifs is 3. The summed E-state index contributed by atoms with van der Waals surface area (Å²) in [5, 5.41) is 23.7. The van der Waals surface area contributed by atoms with E-state index in [9.17, 15) is 15.0 Å². The number of aromatic hydroxyl groups is 2. The Morgan fingerprint density at radius 2 is 1.90 bits per heavy atom. The number of benzene rings is 2. The third-order valence-electron chi connectivity index (χ3n) is 6.37. The first-order valence-electron chi connectivity index (χ1n) is 9.91. The lowest BCUT2D eigenvalue weighted by molar-refractivity contribution is -0.142. The van der Waals surface area contributed by atoms with Gasteiger partial charge in [0, 0.05) is 30.4 Å². The molecule has 3 N–H and O–H groups in total. The first-order chi connectivity index (χ1) is 14.5. The molecule has 0 saturated heterocycles. The lowest BCUT2D eigenvalue weighted by Crippen LogP contribution is -2.62. The molecule has 8 heteroatoms. The Kier molecular flexibility index (Phi) is 4.21. The van der Waals surface area contributed by atoms with Crippen molar-refractivity contribution in [3.8, 4) is 34.5 Å². The molecule has 5 rings (SSSR count). The molecule has 2 aliphatic heterocycles. The van der Waals surface area contributed by atoms with Gasteiger partial charge in [-0.1, -0.05) is 0 Å². The normalized spacial score (nSPS) is 26.5. The van der Waals surface area contributed by atoms with Gasteiger partial charge in [0.25, 0.3) is 0 Å². The van der Waals surface area contributed by atoms with E-state index < -0.39 is 17.6 Å². The number of rotatable bonds is 3. The fourth-order valence-corrected chi connectivity index (χ4v) is 4.96. The van der Waals surface area contributed by atoms with Crippen molar-refractivity contribution in [3.63, 3.8) is 0 Å². The molecule has 0 aromatic heterocycles. The minimum absolute atomic E-state index is 0.0791. The zero-order chi connectivity index (χ0) is 21.0. The molecule has 1 fully saturated rings. The van der Waals surface area contributed by atoms with Gasteiger partial charge in [0.15, 0.2) is 28.7 Å². The van der Waals surface area contributed by atoms with Crippen LogP contribution < -0.4 is 24.3 Å². The standard InChI is InChI=1S/C22H23NO7/c1-23-22-5-3-4-13(24)20(22)19(11-6-14(25)21(26)18(7-11)27-2)12-8-16-17(29-10-28-16)9-15(12)30-22/h6-9,19-20,23,25-26H,3-5,10H2,1-2H3. The summed E-state index contributed by atoms with van der Waals surface area (Å²) in [5.41, 5.74) is 0.518. The monoisotopic (exact) mass is 413 g/mol. The summed E-state index contributed by atoms with van der Waals surface area (Å²) in [6.07, 6.45) is 1.83. The molecule has 1 saturated carbocycles. The maximum Gasteiger partial charge on any atom is 0.231 e. The van der Waals surface area contributed by atoms with Crippen molar-refractivity contribution in [1.82, 2.24) is 5.32 Å². The van der Waals surface area contributed by atoms with Crippen LogP contribution in [0.4, 0.5) is 0 Å². The zero-order valence-electron chi connectivity index (χ0n) is 16.7. The smallest absolute Gasteiger partial charge is 0.231 e. The van der Waals surface area contributed by atoms with Crippen LogP contribution in [0.25, 0.3) is 0 Å². The Balaban J connectivity index is 1.77. The van der Waals surface area contributed by atoms with Gasteiger partial charge >= 0.3 is 0 Å². The van der Waals surface area contributed by atoms with Crippen molar-refractivity contribution in [2.24, 2.45) is 5.92 Å². The largest absolute Gasteiger partial charge is 0.504 e. The van der Waals surface area contributed by atoms with Gasteiger partial charge in [-0.05, 0) is 37.2 Å². The van der Waals surface area contributed by atoms with Crippen LogP contribution in [0.2, 0.25) is 0 Å². The predicted octanol–water partition coefficient (Wildman–Crippen LogP) is 2.64. The molecule has 2 heterocycles. The van der Waals surface area contributed by atoms with Gasteiger partial charge in [-0.25, -0.2) is 0 Å². The Labute approximate surface area is 173 Å². The van der Waals surface area contributed by atoms with E-state index >= 15 is 0 Å². The van der Waals surface area contributed by atoms with Gasteiger partial charge in [0.1, 0.15) is 11.5 Å². The van der Waals surface area contributed by atoms with Crippen LogP contribution in [0.3, 0.4) is 0 Å². The number of carbonyl (C=O) groups is 1. The molecule has 158 valence electrons. The first-order valence-corrected chi connectivity index (χ1v) is 9.91. The number of ketones is 1. The Bertz CT molecular complexity index is 1040. The van der Waals surface area contributed by atoms with Gasteiger partial charge in [-0.3, -0.25) is 10.1 Å². The first kappa shape index (κ1) is 18.9. The summed E-state index contributed by atoms with van der Waals surface area (Å²) in [6, 6.07) is 6.75. The predicted molar refractivity (Wildman–Crippen MR) is 105 cm³/mol. The van der Waals surface area contributed by atoms with Crippen LogP contribution in [-0.2, 0) is 4.79 Å². The molecule has 0 radical (unpaired) electrons. The summed E-state index contributed by atoms with van der Waals surface area (Å²) >= 11 is 0. The molecule has 30 heavy (non-hydrogen) atoms. The Morgan fingerprint density at radius 1 is 1.13 bits per heavy atom. The van der Waals surface area contributed by atoms with E-state index in [1.165, 1.54) is 13.2 Å². The quantitative estimate of drug-likeness (QED) is 0.660. The molecule has 0 amide bonds. The number of hydrogen-bond donors (Lipinski definition) is 3. The number of nitrogens with one attached hydrogen (secondary N) is 1. The zero-order valence-corrected chi connectivity index (χ0v) is 16.7. The maximum absolute atomic E-state index is 13.2. The molecule has 0 bridgehead atoms. The molecule has 1 aliphatic carbocycles. The third kappa shape index (κ3) is 2.60. The number of phenols is 2. The van der Waals surface area contributed by atoms with Crippen molar-refractivity contribution in [2.45, 2.75) is 30.9 Å². The lowest BCUT2D eigenvalue weighted by Gasteiger charge is -2.50. The molecular formula is C22H23NO7. The van der Waals surface area contributed by atoms with Gasteiger partial charge < -0.3 is 29.2 Å². The van der Waals surface area contributed by atoms with Crippen molar-refractivity contribution in [2.75, 3.05) is 21.0 Å². The summed E-state index contributed by atoms with van der Waals surface area (Å²) in [5.74, 6) is 0.360. The molecule has 2 aromatic rings. The van der Waals surface area contributed by atoms with Crippen LogP contribution in [-0.4, -0.2) is 42.7 Å². The fourth-order valence-electron chi connectivity index (χ4n) is 4.96. The van der Waals surface area contributed by atoms with Gasteiger partial charge in [-0.2, -0.15) is 0 Å². The third-order valence-corrected chi connectivity index (χ3v) is 6.37. The molecule has 3 unspecified atom stereocenters. The van der Waals surface area contributed by atoms with Crippen LogP contribution in [0.15, 0.2) is 24.3 Å². The van der Waals surface area contributed by atoms with Crippen molar-refractivity contribution in [3.05, 3.63) is 35.4 Å². The highest BCUT2D eigenvalue weighted by atomic mass is 16.7. The van der Waals surface area contributed by atoms with E-state index in [-0.39, 0.29) is 29.8 Å². The maximum atomic E-state index is 13.2. The average Bonchev–Trinajstić information content (AvgIpc) is 3.20. The highest BCUT2D eigenvalue weighted by Crippen LogP contribution is 2.55. The summed E-state index contributed by atoms with van der Waals surface area (Å²) in [4.78, 5) is 13.2.